The van der Waals surface area contributed by atoms with Crippen LogP contribution < -0.4 is 4.72 Å². The van der Waals surface area contributed by atoms with Gasteiger partial charge in [-0.1, -0.05) is 13.3 Å². The topological polar surface area (TPSA) is 112 Å². The highest BCUT2D eigenvalue weighted by molar-refractivity contribution is 7.89. The number of unbranched alkanes of at least 4 members (excludes halogenated alkanes) is 1. The summed E-state index contributed by atoms with van der Waals surface area (Å²) < 4.78 is 25.6. The van der Waals surface area contributed by atoms with Crippen molar-refractivity contribution in [2.75, 3.05) is 6.54 Å². The van der Waals surface area contributed by atoms with Crippen molar-refractivity contribution in [3.63, 3.8) is 0 Å². The van der Waals surface area contributed by atoms with E-state index in [1.54, 1.807) is 0 Å². The molecule has 16 heavy (non-hydrogen) atoms. The number of aromatic amines is 1. The minimum absolute atomic E-state index is 0.275. The number of sulfonamides is 1. The Kier molecular flexibility index (Phi) is 4.02. The number of H-pyrrole nitrogens is 1. The van der Waals surface area contributed by atoms with Gasteiger partial charge in [-0.3, -0.25) is 5.10 Å². The van der Waals surface area contributed by atoms with Crippen molar-refractivity contribution in [1.82, 2.24) is 14.9 Å². The van der Waals surface area contributed by atoms with Crippen molar-refractivity contribution in [3.05, 3.63) is 11.8 Å². The zero-order valence-electron chi connectivity index (χ0n) is 8.73. The third-order valence-corrected chi connectivity index (χ3v) is 3.36. The second-order valence-electron chi connectivity index (χ2n) is 3.17. The Morgan fingerprint density at radius 1 is 1.62 bits per heavy atom. The summed E-state index contributed by atoms with van der Waals surface area (Å²) in [5.74, 6) is -1.33. The van der Waals surface area contributed by atoms with E-state index in [0.717, 1.165) is 12.6 Å². The number of carboxylic acids is 1. The Morgan fingerprint density at radius 3 is 2.88 bits per heavy atom. The van der Waals surface area contributed by atoms with Crippen molar-refractivity contribution in [2.45, 2.75) is 24.8 Å². The second-order valence-corrected chi connectivity index (χ2v) is 4.87. The fraction of sp³-hybridized carbons (Fsp3) is 0.500. The van der Waals surface area contributed by atoms with Gasteiger partial charge < -0.3 is 5.11 Å². The standard InChI is InChI=1S/C8H13N3O4S/c1-2-3-4-10-16(14,15)7-6(8(12)13)5-9-11-7/h5,10H,2-4H2,1H3,(H,9,11)(H,12,13). The molecule has 0 saturated heterocycles. The number of rotatable bonds is 6. The quantitative estimate of drug-likeness (QED) is 0.621. The van der Waals surface area contributed by atoms with Gasteiger partial charge in [-0.25, -0.2) is 17.9 Å². The molecule has 0 aliphatic heterocycles. The van der Waals surface area contributed by atoms with Gasteiger partial charge in [-0.2, -0.15) is 5.10 Å². The van der Waals surface area contributed by atoms with Gasteiger partial charge >= 0.3 is 5.97 Å². The molecule has 1 heterocycles. The SMILES string of the molecule is CCCCNS(=O)(=O)c1[nH]ncc1C(=O)O. The molecule has 1 aromatic rings. The summed E-state index contributed by atoms with van der Waals surface area (Å²) in [7, 11) is -3.81. The first-order valence-electron chi connectivity index (χ1n) is 4.75. The van der Waals surface area contributed by atoms with Crippen LogP contribution >= 0.6 is 0 Å². The van der Waals surface area contributed by atoms with Crippen LogP contribution in [0.4, 0.5) is 0 Å². The predicted molar refractivity (Wildman–Crippen MR) is 55.6 cm³/mol. The summed E-state index contributed by atoms with van der Waals surface area (Å²) in [5, 5.41) is 13.9. The number of carbonyl (C=O) groups is 1. The molecular formula is C8H13N3O4S. The fourth-order valence-corrected chi connectivity index (χ4v) is 2.25. The predicted octanol–water partition coefficient (Wildman–Crippen LogP) is 0.186. The lowest BCUT2D eigenvalue weighted by Crippen LogP contribution is -2.26. The Morgan fingerprint density at radius 2 is 2.31 bits per heavy atom. The maximum absolute atomic E-state index is 11.6. The highest BCUT2D eigenvalue weighted by Crippen LogP contribution is 2.11. The van der Waals surface area contributed by atoms with Gasteiger partial charge in [0.05, 0.1) is 6.20 Å². The van der Waals surface area contributed by atoms with Crippen molar-refractivity contribution in [2.24, 2.45) is 0 Å². The van der Waals surface area contributed by atoms with Crippen molar-refractivity contribution < 1.29 is 18.3 Å². The molecule has 1 aromatic heterocycles. The van der Waals surface area contributed by atoms with Crippen LogP contribution in [-0.2, 0) is 10.0 Å². The number of nitrogens with zero attached hydrogens (tertiary/aromatic N) is 1. The van der Waals surface area contributed by atoms with E-state index in [1.165, 1.54) is 0 Å². The van der Waals surface area contributed by atoms with Crippen LogP contribution in [0, 0.1) is 0 Å². The molecule has 90 valence electrons. The van der Waals surface area contributed by atoms with Gasteiger partial charge in [-0.05, 0) is 6.42 Å². The molecule has 0 bridgehead atoms. The van der Waals surface area contributed by atoms with Crippen LogP contribution in [-0.4, -0.2) is 36.2 Å². The van der Waals surface area contributed by atoms with Gasteiger partial charge in [0, 0.05) is 6.54 Å². The van der Waals surface area contributed by atoms with Crippen LogP contribution in [0.25, 0.3) is 0 Å². The highest BCUT2D eigenvalue weighted by atomic mass is 32.2. The molecule has 0 amide bonds. The Hall–Kier alpha value is -1.41. The number of carboxylic acid groups (broad SMARTS) is 1. The monoisotopic (exact) mass is 247 g/mol. The van der Waals surface area contributed by atoms with E-state index in [-0.39, 0.29) is 12.1 Å². The van der Waals surface area contributed by atoms with Gasteiger partial charge in [0.1, 0.15) is 5.56 Å². The molecular weight excluding hydrogens is 234 g/mol. The first kappa shape index (κ1) is 12.7. The molecule has 0 unspecified atom stereocenters. The van der Waals surface area contributed by atoms with E-state index in [0.29, 0.717) is 6.42 Å². The number of aromatic nitrogens is 2. The molecule has 0 atom stereocenters. The molecule has 0 saturated carbocycles. The van der Waals surface area contributed by atoms with Gasteiger partial charge in [0.2, 0.25) is 0 Å². The van der Waals surface area contributed by atoms with E-state index in [2.05, 4.69) is 14.9 Å². The Balaban J connectivity index is 2.90. The van der Waals surface area contributed by atoms with Crippen LogP contribution in [0.5, 0.6) is 0 Å². The van der Waals surface area contributed by atoms with E-state index in [9.17, 15) is 13.2 Å². The van der Waals surface area contributed by atoms with Crippen LogP contribution in [0.2, 0.25) is 0 Å². The van der Waals surface area contributed by atoms with E-state index >= 15 is 0 Å². The van der Waals surface area contributed by atoms with E-state index < -0.39 is 21.0 Å². The molecule has 0 aliphatic rings. The number of hydrogen-bond donors (Lipinski definition) is 3. The lowest BCUT2D eigenvalue weighted by molar-refractivity contribution is 0.0692. The summed E-state index contributed by atoms with van der Waals surface area (Å²) >= 11 is 0. The van der Waals surface area contributed by atoms with E-state index in [4.69, 9.17) is 5.11 Å². The minimum atomic E-state index is -3.81. The smallest absolute Gasteiger partial charge is 0.340 e. The highest BCUT2D eigenvalue weighted by Gasteiger charge is 2.23. The summed E-state index contributed by atoms with van der Waals surface area (Å²) in [6, 6.07) is 0. The van der Waals surface area contributed by atoms with Crippen molar-refractivity contribution in [3.8, 4) is 0 Å². The largest absolute Gasteiger partial charge is 0.478 e. The Labute approximate surface area is 92.9 Å². The molecule has 0 fully saturated rings. The fourth-order valence-electron chi connectivity index (χ4n) is 1.09. The number of hydrogen-bond acceptors (Lipinski definition) is 4. The van der Waals surface area contributed by atoms with Crippen molar-refractivity contribution in [1.29, 1.82) is 0 Å². The molecule has 7 nitrogen and oxygen atoms in total. The molecule has 8 heteroatoms. The van der Waals surface area contributed by atoms with Crippen LogP contribution in [0.15, 0.2) is 11.2 Å². The molecule has 1 rings (SSSR count). The lowest BCUT2D eigenvalue weighted by Gasteiger charge is -2.04. The summed E-state index contributed by atoms with van der Waals surface area (Å²) in [6.07, 6.45) is 2.50. The zero-order valence-corrected chi connectivity index (χ0v) is 9.54. The first-order chi connectivity index (χ1) is 7.49. The minimum Gasteiger partial charge on any atom is -0.478 e. The summed E-state index contributed by atoms with van der Waals surface area (Å²) in [5.41, 5.74) is -0.357. The number of nitrogens with one attached hydrogen (secondary N) is 2. The second kappa shape index (κ2) is 5.08. The van der Waals surface area contributed by atoms with Crippen LogP contribution in [0.1, 0.15) is 30.1 Å². The van der Waals surface area contributed by atoms with Crippen LogP contribution in [0.3, 0.4) is 0 Å². The molecule has 0 aromatic carbocycles. The lowest BCUT2D eigenvalue weighted by atomic mass is 10.3. The average Bonchev–Trinajstić information content (AvgIpc) is 2.66. The zero-order chi connectivity index (χ0) is 12.2. The molecule has 0 aliphatic carbocycles. The maximum Gasteiger partial charge on any atom is 0.340 e. The van der Waals surface area contributed by atoms with Gasteiger partial charge in [0.15, 0.2) is 5.03 Å². The third kappa shape index (κ3) is 2.80. The summed E-state index contributed by atoms with van der Waals surface area (Å²) in [6.45, 7) is 2.20. The van der Waals surface area contributed by atoms with Gasteiger partial charge in [0.25, 0.3) is 10.0 Å². The molecule has 3 N–H and O–H groups in total. The Bertz CT molecular complexity index is 465. The normalized spacial score (nSPS) is 11.6. The third-order valence-electron chi connectivity index (χ3n) is 1.93. The molecule has 0 spiro atoms. The van der Waals surface area contributed by atoms with Gasteiger partial charge in [-0.15, -0.1) is 0 Å². The van der Waals surface area contributed by atoms with Crippen molar-refractivity contribution >= 4 is 16.0 Å². The molecule has 0 radical (unpaired) electrons. The summed E-state index contributed by atoms with van der Waals surface area (Å²) in [4.78, 5) is 10.7. The number of aromatic carboxylic acids is 1. The maximum atomic E-state index is 11.6. The van der Waals surface area contributed by atoms with E-state index in [1.807, 2.05) is 6.92 Å². The average molecular weight is 247 g/mol. The first-order valence-corrected chi connectivity index (χ1v) is 6.23.